The van der Waals surface area contributed by atoms with Crippen LogP contribution in [-0.2, 0) is 10.0 Å². The molecule has 2 fully saturated rings. The van der Waals surface area contributed by atoms with Gasteiger partial charge in [0.2, 0.25) is 0 Å². The summed E-state index contributed by atoms with van der Waals surface area (Å²) in [6.07, 6.45) is 8.80. The molecule has 2 saturated carbocycles. The zero-order valence-corrected chi connectivity index (χ0v) is 14.7. The largest absolute Gasteiger partial charge is 0.268 e. The Kier molecular flexibility index (Phi) is 3.87. The summed E-state index contributed by atoms with van der Waals surface area (Å²) in [7, 11) is -3.57. The molecule has 0 amide bonds. The molecule has 0 bridgehead atoms. The van der Waals surface area contributed by atoms with Crippen molar-refractivity contribution >= 4 is 15.7 Å². The molecule has 1 heterocycles. The highest BCUT2D eigenvalue weighted by atomic mass is 32.2. The van der Waals surface area contributed by atoms with Crippen LogP contribution in [0.4, 0.5) is 5.69 Å². The van der Waals surface area contributed by atoms with Crippen molar-refractivity contribution in [1.29, 1.82) is 0 Å². The maximum Gasteiger partial charge on any atom is 0.267 e. The third-order valence-electron chi connectivity index (χ3n) is 5.06. The van der Waals surface area contributed by atoms with Crippen LogP contribution < -0.4 is 4.31 Å². The molecular weight excluding hydrogens is 322 g/mol. The molecule has 1 aromatic heterocycles. The lowest BCUT2D eigenvalue weighted by molar-refractivity contribution is 0.289. The van der Waals surface area contributed by atoms with Crippen molar-refractivity contribution in [3.63, 3.8) is 0 Å². The lowest BCUT2D eigenvalue weighted by atomic mass is 9.93. The summed E-state index contributed by atoms with van der Waals surface area (Å²) in [6, 6.07) is 8.08. The van der Waals surface area contributed by atoms with Gasteiger partial charge in [0.15, 0.2) is 0 Å². The number of aromatic nitrogens is 2. The van der Waals surface area contributed by atoms with Crippen molar-refractivity contribution in [1.82, 2.24) is 9.78 Å². The summed E-state index contributed by atoms with van der Waals surface area (Å²) < 4.78 is 29.8. The molecule has 24 heavy (non-hydrogen) atoms. The average molecular weight is 345 g/mol. The van der Waals surface area contributed by atoms with Gasteiger partial charge in [-0.2, -0.15) is 5.10 Å². The first kappa shape index (κ1) is 15.7. The van der Waals surface area contributed by atoms with E-state index >= 15 is 0 Å². The smallest absolute Gasteiger partial charge is 0.267 e. The van der Waals surface area contributed by atoms with Gasteiger partial charge in [-0.05, 0) is 57.1 Å². The summed E-state index contributed by atoms with van der Waals surface area (Å²) >= 11 is 0. The minimum absolute atomic E-state index is 0.302. The molecule has 4 rings (SSSR count). The Morgan fingerprint density at radius 1 is 1.17 bits per heavy atom. The number of hydrogen-bond donors (Lipinski definition) is 0. The molecule has 2 aromatic rings. The minimum atomic E-state index is -3.57. The van der Waals surface area contributed by atoms with Crippen molar-refractivity contribution in [2.45, 2.75) is 50.0 Å². The van der Waals surface area contributed by atoms with Crippen molar-refractivity contribution < 1.29 is 8.42 Å². The summed E-state index contributed by atoms with van der Waals surface area (Å²) in [4.78, 5) is 0.302. The van der Waals surface area contributed by atoms with E-state index < -0.39 is 10.0 Å². The third-order valence-corrected chi connectivity index (χ3v) is 6.80. The van der Waals surface area contributed by atoms with Crippen molar-refractivity contribution in [3.05, 3.63) is 42.2 Å². The van der Waals surface area contributed by atoms with Gasteiger partial charge in [-0.15, -0.1) is 0 Å². The number of aryl methyl sites for hydroxylation is 1. The second-order valence-electron chi connectivity index (χ2n) is 7.06. The van der Waals surface area contributed by atoms with Crippen LogP contribution in [0, 0.1) is 12.8 Å². The quantitative estimate of drug-likeness (QED) is 0.805. The maximum atomic E-state index is 13.2. The Balaban J connectivity index is 1.66. The summed E-state index contributed by atoms with van der Waals surface area (Å²) in [5.74, 6) is 0.475. The fourth-order valence-corrected chi connectivity index (χ4v) is 4.50. The van der Waals surface area contributed by atoms with Gasteiger partial charge in [-0.3, -0.25) is 8.99 Å². The number of anilines is 1. The second-order valence-corrected chi connectivity index (χ2v) is 8.92. The standard InChI is InChI=1S/C18H23N3O2S/c1-14-5-9-17(10-6-14)21(12-15-7-8-15)24(22,23)18-11-19-20(13-18)16-3-2-4-16/h5-6,9-11,13,15-16H,2-4,7-8,12H2,1H3. The monoisotopic (exact) mass is 345 g/mol. The first-order valence-corrected chi connectivity index (χ1v) is 10.1. The van der Waals surface area contributed by atoms with E-state index in [2.05, 4.69) is 5.10 Å². The van der Waals surface area contributed by atoms with Crippen LogP contribution in [0.1, 0.15) is 43.7 Å². The summed E-state index contributed by atoms with van der Waals surface area (Å²) in [5.41, 5.74) is 1.87. The van der Waals surface area contributed by atoms with Gasteiger partial charge in [0.05, 0.1) is 17.9 Å². The Morgan fingerprint density at radius 3 is 2.46 bits per heavy atom. The predicted molar refractivity (Wildman–Crippen MR) is 93.5 cm³/mol. The first-order chi connectivity index (χ1) is 11.5. The highest BCUT2D eigenvalue weighted by Gasteiger charge is 2.33. The zero-order chi connectivity index (χ0) is 16.7. The van der Waals surface area contributed by atoms with Gasteiger partial charge >= 0.3 is 0 Å². The number of rotatable bonds is 6. The Hall–Kier alpha value is -1.82. The average Bonchev–Trinajstić information content (AvgIpc) is 3.20. The molecule has 128 valence electrons. The fourth-order valence-electron chi connectivity index (χ4n) is 3.02. The van der Waals surface area contributed by atoms with Gasteiger partial charge in [-0.25, -0.2) is 8.42 Å². The Morgan fingerprint density at radius 2 is 1.88 bits per heavy atom. The number of nitrogens with zero attached hydrogens (tertiary/aromatic N) is 3. The Labute approximate surface area is 143 Å². The van der Waals surface area contributed by atoms with Gasteiger partial charge in [0, 0.05) is 12.7 Å². The van der Waals surface area contributed by atoms with E-state index in [1.165, 1.54) is 12.6 Å². The van der Waals surface area contributed by atoms with Gasteiger partial charge in [-0.1, -0.05) is 17.7 Å². The van der Waals surface area contributed by atoms with Crippen LogP contribution in [0.5, 0.6) is 0 Å². The highest BCUT2D eigenvalue weighted by Crippen LogP contribution is 2.35. The minimum Gasteiger partial charge on any atom is -0.268 e. The van der Waals surface area contributed by atoms with E-state index in [0.29, 0.717) is 23.4 Å². The Bertz CT molecular complexity index is 818. The molecule has 0 unspecified atom stereocenters. The van der Waals surface area contributed by atoms with E-state index in [4.69, 9.17) is 0 Å². The maximum absolute atomic E-state index is 13.2. The lowest BCUT2D eigenvalue weighted by Crippen LogP contribution is -2.32. The molecule has 0 atom stereocenters. The SMILES string of the molecule is Cc1ccc(N(CC2CC2)S(=O)(=O)c2cnn(C3CCC3)c2)cc1. The normalized spacial score (nSPS) is 18.4. The zero-order valence-electron chi connectivity index (χ0n) is 13.9. The molecule has 0 spiro atoms. The molecule has 2 aliphatic carbocycles. The third kappa shape index (κ3) is 2.95. The second kappa shape index (κ2) is 5.92. The summed E-state index contributed by atoms with van der Waals surface area (Å²) in [6.45, 7) is 2.56. The van der Waals surface area contributed by atoms with E-state index in [9.17, 15) is 8.42 Å². The summed E-state index contributed by atoms with van der Waals surface area (Å²) in [5, 5.41) is 4.30. The molecule has 0 aliphatic heterocycles. The number of hydrogen-bond acceptors (Lipinski definition) is 3. The van der Waals surface area contributed by atoms with E-state index in [1.807, 2.05) is 35.9 Å². The molecular formula is C18H23N3O2S. The van der Waals surface area contributed by atoms with Crippen LogP contribution in [0.25, 0.3) is 0 Å². The van der Waals surface area contributed by atoms with Crippen molar-refractivity contribution in [2.24, 2.45) is 5.92 Å². The van der Waals surface area contributed by atoms with Gasteiger partial charge in [0.25, 0.3) is 10.0 Å². The van der Waals surface area contributed by atoms with Crippen molar-refractivity contribution in [2.75, 3.05) is 10.8 Å². The molecule has 0 saturated heterocycles. The van der Waals surface area contributed by atoms with Crippen LogP contribution in [0.3, 0.4) is 0 Å². The van der Waals surface area contributed by atoms with E-state index in [1.54, 1.807) is 10.5 Å². The molecule has 0 N–H and O–H groups in total. The molecule has 6 heteroatoms. The molecule has 2 aliphatic rings. The van der Waals surface area contributed by atoms with Crippen LogP contribution in [0.2, 0.25) is 0 Å². The first-order valence-electron chi connectivity index (χ1n) is 8.67. The lowest BCUT2D eigenvalue weighted by Gasteiger charge is -2.26. The van der Waals surface area contributed by atoms with Gasteiger partial charge in [0.1, 0.15) is 4.90 Å². The van der Waals surface area contributed by atoms with E-state index in [0.717, 1.165) is 36.9 Å². The van der Waals surface area contributed by atoms with Gasteiger partial charge < -0.3 is 0 Å². The highest BCUT2D eigenvalue weighted by molar-refractivity contribution is 7.92. The molecule has 1 aromatic carbocycles. The number of benzene rings is 1. The van der Waals surface area contributed by atoms with Crippen LogP contribution >= 0.6 is 0 Å². The van der Waals surface area contributed by atoms with Crippen LogP contribution in [0.15, 0.2) is 41.6 Å². The topological polar surface area (TPSA) is 55.2 Å². The van der Waals surface area contributed by atoms with E-state index in [-0.39, 0.29) is 0 Å². The molecule has 5 nitrogen and oxygen atoms in total. The molecule has 0 radical (unpaired) electrons. The van der Waals surface area contributed by atoms with Crippen molar-refractivity contribution in [3.8, 4) is 0 Å². The predicted octanol–water partition coefficient (Wildman–Crippen LogP) is 3.52. The fraction of sp³-hybridized carbons (Fsp3) is 0.500. The van der Waals surface area contributed by atoms with Crippen LogP contribution in [-0.4, -0.2) is 24.7 Å². The number of sulfonamides is 1.